The van der Waals surface area contributed by atoms with Crippen molar-refractivity contribution in [2.24, 2.45) is 5.41 Å². The number of nitrogens with one attached hydrogen (secondary N) is 1. The molecule has 1 aromatic rings. The predicted molar refractivity (Wildman–Crippen MR) is 66.7 cm³/mol. The van der Waals surface area contributed by atoms with Gasteiger partial charge in [0.15, 0.2) is 5.78 Å². The van der Waals surface area contributed by atoms with Crippen LogP contribution in [0.2, 0.25) is 0 Å². The summed E-state index contributed by atoms with van der Waals surface area (Å²) in [7, 11) is 0. The van der Waals surface area contributed by atoms with E-state index >= 15 is 0 Å². The number of hydrogen-bond donors (Lipinski definition) is 1. The molecule has 1 N–H and O–H groups in total. The number of Topliss-reactive ketones (excluding diaryl/α,β-unsaturated/α-hetero) is 1. The van der Waals surface area contributed by atoms with Gasteiger partial charge in [-0.3, -0.25) is 4.79 Å². The molecular weight excluding hydrogens is 331 g/mol. The van der Waals surface area contributed by atoms with Crippen LogP contribution in [0.4, 0.5) is 13.2 Å². The zero-order chi connectivity index (χ0) is 13.4. The molecule has 7 heteroatoms. The first-order chi connectivity index (χ1) is 8.37. The summed E-state index contributed by atoms with van der Waals surface area (Å²) >= 11 is 4.52. The molecule has 1 saturated heterocycles. The number of rotatable bonds is 3. The summed E-state index contributed by atoms with van der Waals surface area (Å²) in [6, 6.07) is 1.74. The van der Waals surface area contributed by atoms with Crippen molar-refractivity contribution in [3.05, 3.63) is 20.8 Å². The maximum absolute atomic E-state index is 13.1. The molecule has 18 heavy (non-hydrogen) atoms. The van der Waals surface area contributed by atoms with Gasteiger partial charge in [-0.2, -0.15) is 13.2 Å². The van der Waals surface area contributed by atoms with Crippen molar-refractivity contribution in [3.8, 4) is 0 Å². The van der Waals surface area contributed by atoms with Crippen LogP contribution in [0.1, 0.15) is 11.3 Å². The summed E-state index contributed by atoms with van der Waals surface area (Å²) < 4.78 is 40.1. The minimum Gasteiger partial charge on any atom is -0.315 e. The first kappa shape index (κ1) is 14.0. The zero-order valence-electron chi connectivity index (χ0n) is 9.31. The van der Waals surface area contributed by atoms with Crippen LogP contribution in [0.15, 0.2) is 15.9 Å². The van der Waals surface area contributed by atoms with Crippen LogP contribution in [0.5, 0.6) is 0 Å². The topological polar surface area (TPSA) is 29.1 Å². The summed E-state index contributed by atoms with van der Waals surface area (Å²) in [5.41, 5.74) is -2.21. The van der Waals surface area contributed by atoms with Crippen LogP contribution in [-0.2, 0) is 11.2 Å². The van der Waals surface area contributed by atoms with Crippen molar-refractivity contribution >= 4 is 33.0 Å². The molecule has 0 radical (unpaired) electrons. The van der Waals surface area contributed by atoms with Crippen LogP contribution in [0, 0.1) is 5.41 Å². The Morgan fingerprint density at radius 3 is 2.72 bits per heavy atom. The molecule has 2 nitrogen and oxygen atoms in total. The molecule has 0 aromatic carbocycles. The molecule has 0 saturated carbocycles. The van der Waals surface area contributed by atoms with E-state index in [4.69, 9.17) is 0 Å². The highest BCUT2D eigenvalue weighted by molar-refractivity contribution is 9.10. The third-order valence-electron chi connectivity index (χ3n) is 3.24. The van der Waals surface area contributed by atoms with Crippen LogP contribution in [-0.4, -0.2) is 25.0 Å². The number of alkyl halides is 3. The average Bonchev–Trinajstić information content (AvgIpc) is 2.87. The molecule has 2 rings (SSSR count). The molecule has 0 bridgehead atoms. The van der Waals surface area contributed by atoms with Crippen LogP contribution in [0.25, 0.3) is 0 Å². The minimum atomic E-state index is -4.49. The first-order valence-electron chi connectivity index (χ1n) is 5.39. The van der Waals surface area contributed by atoms with Gasteiger partial charge in [-0.05, 0) is 40.3 Å². The SMILES string of the molecule is O=C(Cc1sccc1Br)C1(C(F)(F)F)CCNC1. The lowest BCUT2D eigenvalue weighted by molar-refractivity contribution is -0.214. The van der Waals surface area contributed by atoms with Gasteiger partial charge >= 0.3 is 6.18 Å². The van der Waals surface area contributed by atoms with Gasteiger partial charge in [-0.1, -0.05) is 0 Å². The van der Waals surface area contributed by atoms with E-state index in [0.29, 0.717) is 9.35 Å². The average molecular weight is 342 g/mol. The molecule has 0 spiro atoms. The summed E-state index contributed by atoms with van der Waals surface area (Å²) in [5.74, 6) is -0.747. The Morgan fingerprint density at radius 1 is 1.56 bits per heavy atom. The van der Waals surface area contributed by atoms with E-state index < -0.39 is 17.4 Å². The molecule has 100 valence electrons. The number of carbonyl (C=O) groups excluding carboxylic acids is 1. The molecule has 1 aromatic heterocycles. The van der Waals surface area contributed by atoms with E-state index in [9.17, 15) is 18.0 Å². The second-order valence-corrected chi connectivity index (χ2v) is 6.15. The number of carbonyl (C=O) groups is 1. The van der Waals surface area contributed by atoms with Gasteiger partial charge in [0.25, 0.3) is 0 Å². The molecule has 0 amide bonds. The van der Waals surface area contributed by atoms with Gasteiger partial charge in [0.1, 0.15) is 5.41 Å². The molecular formula is C11H11BrF3NOS. The summed E-state index contributed by atoms with van der Waals surface area (Å²) in [5, 5.41) is 4.40. The zero-order valence-corrected chi connectivity index (χ0v) is 11.7. The second kappa shape index (κ2) is 4.94. The monoisotopic (exact) mass is 341 g/mol. The maximum Gasteiger partial charge on any atom is 0.402 e. The quantitative estimate of drug-likeness (QED) is 0.914. The van der Waals surface area contributed by atoms with Crippen molar-refractivity contribution in [1.82, 2.24) is 5.32 Å². The lowest BCUT2D eigenvalue weighted by Gasteiger charge is -2.29. The summed E-state index contributed by atoms with van der Waals surface area (Å²) in [6.45, 7) is -0.0742. The predicted octanol–water partition coefficient (Wildman–Crippen LogP) is 3.16. The maximum atomic E-state index is 13.1. The van der Waals surface area contributed by atoms with Gasteiger partial charge in [0.05, 0.1) is 0 Å². The molecule has 1 atom stereocenters. The lowest BCUT2D eigenvalue weighted by atomic mass is 9.80. The van der Waals surface area contributed by atoms with Crippen molar-refractivity contribution in [1.29, 1.82) is 0 Å². The van der Waals surface area contributed by atoms with Gasteiger partial charge in [0.2, 0.25) is 0 Å². The van der Waals surface area contributed by atoms with Gasteiger partial charge in [-0.25, -0.2) is 0 Å². The fraction of sp³-hybridized carbons (Fsp3) is 0.545. The Bertz CT molecular complexity index is 451. The number of ketones is 1. The van der Waals surface area contributed by atoms with Crippen molar-refractivity contribution in [3.63, 3.8) is 0 Å². The highest BCUT2D eigenvalue weighted by Gasteiger charge is 2.60. The number of halogens is 4. The van der Waals surface area contributed by atoms with Gasteiger partial charge in [0, 0.05) is 22.3 Å². The number of thiophene rings is 1. The minimum absolute atomic E-state index is 0.167. The Balaban J connectivity index is 2.23. The number of hydrogen-bond acceptors (Lipinski definition) is 3. The fourth-order valence-electron chi connectivity index (χ4n) is 2.10. The Labute approximate surface area is 115 Å². The van der Waals surface area contributed by atoms with E-state index in [1.54, 1.807) is 11.4 Å². The third-order valence-corrected chi connectivity index (χ3v) is 5.17. The molecule has 1 aliphatic rings. The van der Waals surface area contributed by atoms with E-state index in [1.165, 1.54) is 11.3 Å². The molecule has 1 fully saturated rings. The largest absolute Gasteiger partial charge is 0.402 e. The van der Waals surface area contributed by atoms with Crippen molar-refractivity contribution < 1.29 is 18.0 Å². The van der Waals surface area contributed by atoms with Gasteiger partial charge < -0.3 is 5.32 Å². The van der Waals surface area contributed by atoms with E-state index in [1.807, 2.05) is 0 Å². The highest BCUT2D eigenvalue weighted by Crippen LogP contribution is 2.44. The first-order valence-corrected chi connectivity index (χ1v) is 7.07. The summed E-state index contributed by atoms with van der Waals surface area (Å²) in [6.07, 6.45) is -4.82. The van der Waals surface area contributed by atoms with E-state index in [0.717, 1.165) is 0 Å². The van der Waals surface area contributed by atoms with Gasteiger partial charge in [-0.15, -0.1) is 11.3 Å². The molecule has 1 unspecified atom stereocenters. The Kier molecular flexibility index (Phi) is 3.85. The lowest BCUT2D eigenvalue weighted by Crippen LogP contribution is -2.47. The van der Waals surface area contributed by atoms with Crippen LogP contribution >= 0.6 is 27.3 Å². The van der Waals surface area contributed by atoms with Crippen LogP contribution in [0.3, 0.4) is 0 Å². The summed E-state index contributed by atoms with van der Waals surface area (Å²) in [4.78, 5) is 12.7. The molecule has 1 aliphatic heterocycles. The Hall–Kier alpha value is -0.400. The van der Waals surface area contributed by atoms with E-state index in [2.05, 4.69) is 21.2 Å². The third kappa shape index (κ3) is 2.35. The normalized spacial score (nSPS) is 24.4. The smallest absolute Gasteiger partial charge is 0.315 e. The van der Waals surface area contributed by atoms with E-state index in [-0.39, 0.29) is 25.9 Å². The molecule has 0 aliphatic carbocycles. The van der Waals surface area contributed by atoms with Crippen molar-refractivity contribution in [2.75, 3.05) is 13.1 Å². The standard InChI is InChI=1S/C11H11BrF3NOS/c12-7-1-4-18-8(7)5-9(17)10(11(13,14)15)2-3-16-6-10/h1,4,16H,2-3,5-6H2. The van der Waals surface area contributed by atoms with Crippen LogP contribution < -0.4 is 5.32 Å². The highest BCUT2D eigenvalue weighted by atomic mass is 79.9. The second-order valence-electron chi connectivity index (χ2n) is 4.30. The fourth-order valence-corrected chi connectivity index (χ4v) is 3.59. The van der Waals surface area contributed by atoms with Crippen molar-refractivity contribution in [2.45, 2.75) is 19.0 Å². The molecule has 2 heterocycles. The Morgan fingerprint density at radius 2 is 2.28 bits per heavy atom.